The van der Waals surface area contributed by atoms with Gasteiger partial charge in [-0.15, -0.1) is 10.2 Å². The third kappa shape index (κ3) is 4.17. The maximum Gasteiger partial charge on any atom is 0.329 e. The topological polar surface area (TPSA) is 163 Å². The van der Waals surface area contributed by atoms with Crippen molar-refractivity contribution < 1.29 is 14.9 Å². The van der Waals surface area contributed by atoms with Crippen LogP contribution in [0.3, 0.4) is 0 Å². The molecule has 0 saturated heterocycles. The van der Waals surface area contributed by atoms with E-state index in [-0.39, 0.29) is 41.8 Å². The van der Waals surface area contributed by atoms with Gasteiger partial charge in [0.1, 0.15) is 18.5 Å². The summed E-state index contributed by atoms with van der Waals surface area (Å²) in [7, 11) is 1.46. The minimum atomic E-state index is -1.04. The highest BCUT2D eigenvalue weighted by Crippen LogP contribution is 2.36. The van der Waals surface area contributed by atoms with Gasteiger partial charge in [-0.2, -0.15) is 4.98 Å². The van der Waals surface area contributed by atoms with Crippen LogP contribution in [0, 0.1) is 0 Å². The molecule has 2 aromatic carbocycles. The van der Waals surface area contributed by atoms with Gasteiger partial charge in [0.05, 0.1) is 12.1 Å². The summed E-state index contributed by atoms with van der Waals surface area (Å²) in [6.07, 6.45) is -1.04. The summed E-state index contributed by atoms with van der Waals surface area (Å²) in [6, 6.07) is 16.1. The molecule has 1 atom stereocenters. The summed E-state index contributed by atoms with van der Waals surface area (Å²) >= 11 is 0. The molecule has 12 heteroatoms. The van der Waals surface area contributed by atoms with Crippen molar-refractivity contribution in [1.29, 1.82) is 0 Å². The van der Waals surface area contributed by atoms with Gasteiger partial charge in [-0.25, -0.2) is 4.79 Å². The number of aromatic nitrogens is 5. The molecule has 5 rings (SSSR count). The molecule has 0 aliphatic heterocycles. The highest BCUT2D eigenvalue weighted by Gasteiger charge is 2.20. The van der Waals surface area contributed by atoms with E-state index in [1.54, 1.807) is 30.3 Å². The molecule has 0 amide bonds. The number of imidazole rings is 1. The molecule has 0 spiro atoms. The number of aromatic amines is 2. The predicted octanol–water partition coefficient (Wildman–Crippen LogP) is 2.47. The first-order valence-electron chi connectivity index (χ1n) is 10.7. The maximum atomic E-state index is 12.6. The molecule has 0 radical (unpaired) electrons. The average Bonchev–Trinajstić information content (AvgIpc) is 3.37. The van der Waals surface area contributed by atoms with Crippen LogP contribution in [-0.2, 0) is 13.6 Å². The van der Waals surface area contributed by atoms with Crippen molar-refractivity contribution in [1.82, 2.24) is 24.1 Å². The number of ether oxygens (including phenoxy) is 1. The molecule has 178 valence electrons. The van der Waals surface area contributed by atoms with Crippen LogP contribution in [-0.4, -0.2) is 47.0 Å². The summed E-state index contributed by atoms with van der Waals surface area (Å²) in [5.41, 5.74) is -0.342. The molecular formula is C23H21N7O5. The van der Waals surface area contributed by atoms with Gasteiger partial charge in [0.2, 0.25) is 5.88 Å². The summed E-state index contributed by atoms with van der Waals surface area (Å²) in [5.74, 6) is 0.367. The lowest BCUT2D eigenvalue weighted by Crippen LogP contribution is -2.30. The van der Waals surface area contributed by atoms with Crippen molar-refractivity contribution in [3.63, 3.8) is 0 Å². The number of nitrogens with zero attached hydrogens (tertiary/aromatic N) is 5. The maximum absolute atomic E-state index is 12.6. The van der Waals surface area contributed by atoms with E-state index in [0.717, 1.165) is 0 Å². The molecule has 0 unspecified atom stereocenters. The Balaban J connectivity index is 1.54. The molecule has 3 aromatic heterocycles. The van der Waals surface area contributed by atoms with Crippen LogP contribution >= 0.6 is 0 Å². The van der Waals surface area contributed by atoms with Crippen LogP contribution in [0.4, 0.5) is 11.6 Å². The van der Waals surface area contributed by atoms with Crippen LogP contribution in [0.2, 0.25) is 0 Å². The highest BCUT2D eigenvalue weighted by molar-refractivity contribution is 5.94. The Morgan fingerprint density at radius 3 is 2.60 bits per heavy atom. The standard InChI is InChI=1S/C23H21N7O5/c1-29-19-18(21(33)26-23(29)34)30(11-13(31)12-35-14-7-3-2-4-8-14)22(25-19)28-27-17-15-9-5-6-10-16(15)24-20(17)32/h2-10,13,24,31-32H,11-12H2,1H3,(H,26,33,34)/t13-/m0/s1. The van der Waals surface area contributed by atoms with E-state index in [1.807, 2.05) is 24.3 Å². The molecule has 12 nitrogen and oxygen atoms in total. The molecule has 35 heavy (non-hydrogen) atoms. The van der Waals surface area contributed by atoms with Crippen molar-refractivity contribution in [2.45, 2.75) is 12.6 Å². The van der Waals surface area contributed by atoms with E-state index < -0.39 is 17.4 Å². The van der Waals surface area contributed by atoms with Gasteiger partial charge < -0.3 is 19.9 Å². The van der Waals surface area contributed by atoms with Crippen molar-refractivity contribution in [3.8, 4) is 11.6 Å². The lowest BCUT2D eigenvalue weighted by Gasteiger charge is -2.14. The van der Waals surface area contributed by atoms with Gasteiger partial charge in [-0.3, -0.25) is 18.9 Å². The number of aromatic hydroxyl groups is 1. The van der Waals surface area contributed by atoms with Crippen LogP contribution in [0.25, 0.3) is 22.1 Å². The number of aryl methyl sites for hydroxylation is 1. The lowest BCUT2D eigenvalue weighted by atomic mass is 10.2. The number of aliphatic hydroxyl groups excluding tert-OH is 1. The zero-order chi connectivity index (χ0) is 24.5. The van der Waals surface area contributed by atoms with Gasteiger partial charge in [-0.1, -0.05) is 36.4 Å². The third-order valence-corrected chi connectivity index (χ3v) is 5.46. The average molecular weight is 475 g/mol. The van der Waals surface area contributed by atoms with E-state index >= 15 is 0 Å². The molecule has 0 aliphatic carbocycles. The minimum Gasteiger partial charge on any atom is -0.493 e. The predicted molar refractivity (Wildman–Crippen MR) is 128 cm³/mol. The number of aliphatic hydroxyl groups is 1. The Hall–Kier alpha value is -4.71. The number of azo groups is 1. The molecule has 3 heterocycles. The lowest BCUT2D eigenvalue weighted by molar-refractivity contribution is 0.0937. The van der Waals surface area contributed by atoms with E-state index in [0.29, 0.717) is 16.7 Å². The molecule has 0 fully saturated rings. The SMILES string of the molecule is Cn1c(=O)[nH]c(=O)c2c1nc(N=Nc1c(O)[nH]c3ccccc13)n2C[C@H](O)COc1ccccc1. The molecule has 4 N–H and O–H groups in total. The van der Waals surface area contributed by atoms with E-state index in [9.17, 15) is 19.8 Å². The van der Waals surface area contributed by atoms with Crippen LogP contribution in [0.5, 0.6) is 11.6 Å². The highest BCUT2D eigenvalue weighted by atomic mass is 16.5. The fourth-order valence-corrected chi connectivity index (χ4v) is 3.75. The van der Waals surface area contributed by atoms with Crippen molar-refractivity contribution in [3.05, 3.63) is 75.4 Å². The number of hydrogen-bond acceptors (Lipinski definition) is 8. The van der Waals surface area contributed by atoms with Gasteiger partial charge in [0, 0.05) is 12.4 Å². The van der Waals surface area contributed by atoms with E-state index in [4.69, 9.17) is 4.74 Å². The van der Waals surface area contributed by atoms with E-state index in [2.05, 4.69) is 25.2 Å². The summed E-state index contributed by atoms with van der Waals surface area (Å²) in [6.45, 7) is -0.175. The van der Waals surface area contributed by atoms with Crippen molar-refractivity contribution in [2.75, 3.05) is 6.61 Å². The molecule has 0 saturated carbocycles. The summed E-state index contributed by atoms with van der Waals surface area (Å²) < 4.78 is 8.14. The summed E-state index contributed by atoms with van der Waals surface area (Å²) in [5, 5.41) is 29.9. The van der Waals surface area contributed by atoms with E-state index in [1.165, 1.54) is 16.2 Å². The van der Waals surface area contributed by atoms with Crippen LogP contribution in [0.1, 0.15) is 0 Å². The van der Waals surface area contributed by atoms with Gasteiger partial charge in [-0.05, 0) is 18.2 Å². The Kier molecular flexibility index (Phi) is 5.63. The number of fused-ring (bicyclic) bond motifs is 2. The quantitative estimate of drug-likeness (QED) is 0.264. The number of para-hydroxylation sites is 2. The Labute approximate surface area is 196 Å². The van der Waals surface area contributed by atoms with Crippen molar-refractivity contribution >= 4 is 33.7 Å². The minimum absolute atomic E-state index is 0.0323. The zero-order valence-electron chi connectivity index (χ0n) is 18.5. The van der Waals surface area contributed by atoms with Gasteiger partial charge in [0.15, 0.2) is 16.9 Å². The smallest absolute Gasteiger partial charge is 0.329 e. The fourth-order valence-electron chi connectivity index (χ4n) is 3.75. The molecule has 0 bridgehead atoms. The molecule has 5 aromatic rings. The zero-order valence-corrected chi connectivity index (χ0v) is 18.5. The Bertz CT molecular complexity index is 1660. The number of rotatable bonds is 7. The first-order valence-corrected chi connectivity index (χ1v) is 10.7. The fraction of sp³-hybridized carbons (Fsp3) is 0.174. The Morgan fingerprint density at radius 2 is 1.80 bits per heavy atom. The number of H-pyrrole nitrogens is 2. The first kappa shape index (κ1) is 22.1. The third-order valence-electron chi connectivity index (χ3n) is 5.46. The first-order chi connectivity index (χ1) is 16.9. The largest absolute Gasteiger partial charge is 0.493 e. The number of benzene rings is 2. The van der Waals surface area contributed by atoms with Gasteiger partial charge in [0.25, 0.3) is 11.5 Å². The van der Waals surface area contributed by atoms with Crippen LogP contribution in [0.15, 0.2) is 74.4 Å². The second-order valence-corrected chi connectivity index (χ2v) is 7.86. The second kappa shape index (κ2) is 8.91. The van der Waals surface area contributed by atoms with Crippen molar-refractivity contribution in [2.24, 2.45) is 17.3 Å². The molecule has 0 aliphatic rings. The number of nitrogens with one attached hydrogen (secondary N) is 2. The number of hydrogen-bond donors (Lipinski definition) is 4. The monoisotopic (exact) mass is 475 g/mol. The normalized spacial score (nSPS) is 12.6. The summed E-state index contributed by atoms with van der Waals surface area (Å²) in [4.78, 5) is 34.1. The van der Waals surface area contributed by atoms with Gasteiger partial charge >= 0.3 is 5.69 Å². The molecular weight excluding hydrogens is 454 g/mol. The van der Waals surface area contributed by atoms with Crippen LogP contribution < -0.4 is 16.0 Å². The second-order valence-electron chi connectivity index (χ2n) is 7.86. The Morgan fingerprint density at radius 1 is 1.06 bits per heavy atom.